The van der Waals surface area contributed by atoms with Gasteiger partial charge in [-0.25, -0.2) is 0 Å². The van der Waals surface area contributed by atoms with E-state index in [1.165, 1.54) is 6.42 Å². The monoisotopic (exact) mass is 293 g/mol. The van der Waals surface area contributed by atoms with Crippen LogP contribution in [-0.2, 0) is 5.41 Å². The van der Waals surface area contributed by atoms with E-state index < -0.39 is 0 Å². The van der Waals surface area contributed by atoms with E-state index in [0.717, 1.165) is 57.3 Å². The largest absolute Gasteiger partial charge is 0.339 e. The van der Waals surface area contributed by atoms with Gasteiger partial charge in [-0.1, -0.05) is 12.1 Å². The van der Waals surface area contributed by atoms with Crippen LogP contribution in [0.2, 0.25) is 0 Å². The average molecular weight is 293 g/mol. The summed E-state index contributed by atoms with van der Waals surface area (Å²) in [5.41, 5.74) is 0.0334. The summed E-state index contributed by atoms with van der Waals surface area (Å²) >= 11 is 0. The standard InChI is InChI=1S/C15H27N5O/c1-15(5-7-16-8-6-15)14-17-13(18-21-14)12-11-19(2)9-4-10-20(12)3/h12,16H,4-11H2,1-3H3. The van der Waals surface area contributed by atoms with E-state index >= 15 is 0 Å². The Morgan fingerprint density at radius 2 is 2.00 bits per heavy atom. The second-order valence-electron chi connectivity index (χ2n) is 6.88. The molecule has 1 atom stereocenters. The lowest BCUT2D eigenvalue weighted by Crippen LogP contribution is -2.38. The summed E-state index contributed by atoms with van der Waals surface area (Å²) in [6, 6.07) is 0.236. The molecule has 0 aromatic carbocycles. The Kier molecular flexibility index (Phi) is 4.28. The van der Waals surface area contributed by atoms with Crippen molar-refractivity contribution in [2.24, 2.45) is 0 Å². The number of nitrogens with zero attached hydrogens (tertiary/aromatic N) is 4. The van der Waals surface area contributed by atoms with Gasteiger partial charge in [-0.15, -0.1) is 0 Å². The number of likely N-dealkylation sites (N-methyl/N-ethyl adjacent to an activating group) is 2. The molecular formula is C15H27N5O. The maximum Gasteiger partial charge on any atom is 0.232 e. The first-order valence-electron chi connectivity index (χ1n) is 8.02. The van der Waals surface area contributed by atoms with E-state index in [1.807, 2.05) is 0 Å². The van der Waals surface area contributed by atoms with E-state index in [1.54, 1.807) is 0 Å². The number of hydrogen-bond acceptors (Lipinski definition) is 6. The molecule has 1 unspecified atom stereocenters. The van der Waals surface area contributed by atoms with Gasteiger partial charge in [-0.2, -0.15) is 4.98 Å². The topological polar surface area (TPSA) is 57.4 Å². The van der Waals surface area contributed by atoms with Crippen molar-refractivity contribution in [3.05, 3.63) is 11.7 Å². The van der Waals surface area contributed by atoms with Crippen molar-refractivity contribution < 1.29 is 4.52 Å². The van der Waals surface area contributed by atoms with E-state index in [-0.39, 0.29) is 11.5 Å². The highest BCUT2D eigenvalue weighted by Gasteiger charge is 2.36. The summed E-state index contributed by atoms with van der Waals surface area (Å²) in [6.07, 6.45) is 3.32. The summed E-state index contributed by atoms with van der Waals surface area (Å²) in [5.74, 6) is 1.67. The van der Waals surface area contributed by atoms with Gasteiger partial charge in [0.1, 0.15) is 0 Å². The molecular weight excluding hydrogens is 266 g/mol. The number of rotatable bonds is 2. The predicted octanol–water partition coefficient (Wildman–Crippen LogP) is 1.02. The Bertz CT molecular complexity index is 468. The first kappa shape index (κ1) is 14.9. The summed E-state index contributed by atoms with van der Waals surface area (Å²) < 4.78 is 5.65. The highest BCUT2D eigenvalue weighted by molar-refractivity contribution is 5.07. The zero-order valence-electron chi connectivity index (χ0n) is 13.4. The van der Waals surface area contributed by atoms with Gasteiger partial charge in [-0.3, -0.25) is 4.90 Å². The van der Waals surface area contributed by atoms with Gasteiger partial charge in [0, 0.05) is 12.0 Å². The maximum atomic E-state index is 5.65. The predicted molar refractivity (Wildman–Crippen MR) is 81.2 cm³/mol. The highest BCUT2D eigenvalue weighted by Crippen LogP contribution is 2.32. The molecule has 118 valence electrons. The molecule has 1 aromatic rings. The molecule has 2 aliphatic heterocycles. The van der Waals surface area contributed by atoms with Crippen molar-refractivity contribution in [3.8, 4) is 0 Å². The fourth-order valence-electron chi connectivity index (χ4n) is 3.36. The number of aromatic nitrogens is 2. The first-order chi connectivity index (χ1) is 10.1. The molecule has 3 heterocycles. The molecule has 6 nitrogen and oxygen atoms in total. The summed E-state index contributed by atoms with van der Waals surface area (Å²) in [6.45, 7) is 7.48. The maximum absolute atomic E-state index is 5.65. The van der Waals surface area contributed by atoms with Gasteiger partial charge in [0.15, 0.2) is 5.82 Å². The van der Waals surface area contributed by atoms with Gasteiger partial charge in [0.2, 0.25) is 5.89 Å². The van der Waals surface area contributed by atoms with Crippen LogP contribution < -0.4 is 5.32 Å². The lowest BCUT2D eigenvalue weighted by Gasteiger charge is -2.30. The molecule has 21 heavy (non-hydrogen) atoms. The second-order valence-corrected chi connectivity index (χ2v) is 6.88. The van der Waals surface area contributed by atoms with Crippen LogP contribution in [0.25, 0.3) is 0 Å². The molecule has 1 N–H and O–H groups in total. The third-order valence-electron chi connectivity index (χ3n) is 5.03. The van der Waals surface area contributed by atoms with Crippen molar-refractivity contribution in [3.63, 3.8) is 0 Å². The van der Waals surface area contributed by atoms with Crippen LogP contribution in [-0.4, -0.2) is 66.8 Å². The second kappa shape index (κ2) is 6.02. The molecule has 0 spiro atoms. The molecule has 2 saturated heterocycles. The Labute approximate surface area is 126 Å². The Morgan fingerprint density at radius 3 is 2.76 bits per heavy atom. The van der Waals surface area contributed by atoms with Crippen molar-refractivity contribution in [2.45, 2.75) is 37.6 Å². The quantitative estimate of drug-likeness (QED) is 0.878. The minimum atomic E-state index is 0.0334. The van der Waals surface area contributed by atoms with E-state index in [2.05, 4.69) is 41.3 Å². The number of hydrogen-bond donors (Lipinski definition) is 1. The van der Waals surface area contributed by atoms with E-state index in [0.29, 0.717) is 0 Å². The van der Waals surface area contributed by atoms with Crippen molar-refractivity contribution in [1.29, 1.82) is 0 Å². The summed E-state index contributed by atoms with van der Waals surface area (Å²) in [5, 5.41) is 7.71. The van der Waals surface area contributed by atoms with Gasteiger partial charge in [-0.05, 0) is 59.5 Å². The van der Waals surface area contributed by atoms with Gasteiger partial charge < -0.3 is 14.7 Å². The van der Waals surface area contributed by atoms with Crippen molar-refractivity contribution in [1.82, 2.24) is 25.3 Å². The van der Waals surface area contributed by atoms with Crippen LogP contribution in [0.5, 0.6) is 0 Å². The summed E-state index contributed by atoms with van der Waals surface area (Å²) in [7, 11) is 4.33. The molecule has 6 heteroatoms. The van der Waals surface area contributed by atoms with Crippen molar-refractivity contribution in [2.75, 3.05) is 46.8 Å². The zero-order valence-corrected chi connectivity index (χ0v) is 13.4. The normalized spacial score (nSPS) is 28.4. The minimum Gasteiger partial charge on any atom is -0.339 e. The van der Waals surface area contributed by atoms with Crippen LogP contribution in [0.1, 0.15) is 43.9 Å². The Hall–Kier alpha value is -0.980. The Morgan fingerprint density at radius 1 is 1.24 bits per heavy atom. The highest BCUT2D eigenvalue weighted by atomic mass is 16.5. The smallest absolute Gasteiger partial charge is 0.232 e. The van der Waals surface area contributed by atoms with Crippen LogP contribution >= 0.6 is 0 Å². The van der Waals surface area contributed by atoms with Crippen LogP contribution in [0, 0.1) is 0 Å². The van der Waals surface area contributed by atoms with Crippen molar-refractivity contribution >= 4 is 0 Å². The van der Waals surface area contributed by atoms with Crippen LogP contribution in [0.3, 0.4) is 0 Å². The lowest BCUT2D eigenvalue weighted by atomic mass is 9.81. The molecule has 0 bridgehead atoms. The Balaban J connectivity index is 1.80. The molecule has 0 saturated carbocycles. The zero-order chi connectivity index (χ0) is 14.9. The molecule has 0 aliphatic carbocycles. The van der Waals surface area contributed by atoms with Gasteiger partial charge in [0.25, 0.3) is 0 Å². The van der Waals surface area contributed by atoms with E-state index in [9.17, 15) is 0 Å². The fraction of sp³-hybridized carbons (Fsp3) is 0.867. The molecule has 1 aromatic heterocycles. The fourth-order valence-corrected chi connectivity index (χ4v) is 3.36. The third kappa shape index (κ3) is 3.12. The molecule has 2 fully saturated rings. The number of piperidine rings is 1. The molecule has 0 radical (unpaired) electrons. The van der Waals surface area contributed by atoms with E-state index in [4.69, 9.17) is 9.51 Å². The molecule has 0 amide bonds. The minimum absolute atomic E-state index is 0.0334. The summed E-state index contributed by atoms with van der Waals surface area (Å²) in [4.78, 5) is 9.49. The molecule has 3 rings (SSSR count). The number of nitrogens with one attached hydrogen (secondary N) is 1. The first-order valence-corrected chi connectivity index (χ1v) is 8.02. The average Bonchev–Trinajstić information content (AvgIpc) is 2.89. The SMILES string of the molecule is CN1CCCN(C)C(c2noc(C3(C)CCNCC3)n2)C1. The van der Waals surface area contributed by atoms with Gasteiger partial charge in [0.05, 0.1) is 6.04 Å². The van der Waals surface area contributed by atoms with Gasteiger partial charge >= 0.3 is 0 Å². The third-order valence-corrected chi connectivity index (χ3v) is 5.03. The van der Waals surface area contributed by atoms with Crippen LogP contribution in [0.4, 0.5) is 0 Å². The van der Waals surface area contributed by atoms with Crippen LogP contribution in [0.15, 0.2) is 4.52 Å². The lowest BCUT2D eigenvalue weighted by molar-refractivity contribution is 0.211. The molecule has 2 aliphatic rings.